The highest BCUT2D eigenvalue weighted by Gasteiger charge is 2.71. The van der Waals surface area contributed by atoms with Gasteiger partial charge >= 0.3 is 0 Å². The predicted octanol–water partition coefficient (Wildman–Crippen LogP) is 2.70. The average molecular weight is 504 g/mol. The van der Waals surface area contributed by atoms with Crippen molar-refractivity contribution >= 4 is 29.5 Å². The molecule has 4 rings (SSSR count). The van der Waals surface area contributed by atoms with Gasteiger partial charge in [-0.05, 0) is 18.8 Å². The zero-order valence-electron chi connectivity index (χ0n) is 21.6. The second kappa shape index (κ2) is 10.7. The van der Waals surface area contributed by atoms with Gasteiger partial charge in [-0.3, -0.25) is 14.4 Å². The first-order valence-electron chi connectivity index (χ1n) is 13.4. The lowest BCUT2D eigenvalue weighted by Gasteiger charge is -2.40. The molecule has 3 amide bonds. The van der Waals surface area contributed by atoms with Crippen molar-refractivity contribution in [3.63, 3.8) is 0 Å². The van der Waals surface area contributed by atoms with E-state index in [4.69, 9.17) is 0 Å². The Labute approximate surface area is 214 Å². The monoisotopic (exact) mass is 503 g/mol. The van der Waals surface area contributed by atoms with Gasteiger partial charge in [0.05, 0.1) is 29.2 Å². The number of likely N-dealkylation sites (tertiary alicyclic amines) is 1. The minimum atomic E-state index is -0.805. The number of hydrogen-bond acceptors (Lipinski definition) is 5. The Kier molecular flexibility index (Phi) is 8.01. The zero-order chi connectivity index (χ0) is 25.3. The number of unbranched alkanes of at least 4 members (excludes halogenated alkanes) is 1. The molecule has 0 aromatic heterocycles. The van der Waals surface area contributed by atoms with Gasteiger partial charge in [0.15, 0.2) is 0 Å². The Hall–Kier alpha value is -1.80. The molecule has 7 nitrogen and oxygen atoms in total. The molecule has 4 heterocycles. The SMILES string of the molecule is CCCCN1CC=C[C@]23S[C@@H]4C=CCN(CCC)C(=O)[C@@H]4[C@H]2C(=O)N([C@@H](CO)[C@@H](C)CC)C3C1=O. The average Bonchev–Trinajstić information content (AvgIpc) is 3.17. The first-order valence-corrected chi connectivity index (χ1v) is 14.3. The molecule has 1 N–H and O–H groups in total. The largest absolute Gasteiger partial charge is 0.394 e. The first-order chi connectivity index (χ1) is 16.9. The van der Waals surface area contributed by atoms with Crippen LogP contribution in [-0.4, -0.2) is 92.4 Å². The predicted molar refractivity (Wildman–Crippen MR) is 139 cm³/mol. The van der Waals surface area contributed by atoms with Gasteiger partial charge in [-0.1, -0.05) is 64.8 Å². The Morgan fingerprint density at radius 1 is 1.03 bits per heavy atom. The van der Waals surface area contributed by atoms with E-state index in [9.17, 15) is 19.5 Å². The van der Waals surface area contributed by atoms with Gasteiger partial charge in [-0.2, -0.15) is 0 Å². The number of hydrogen-bond donors (Lipinski definition) is 1. The van der Waals surface area contributed by atoms with Crippen LogP contribution in [0.1, 0.15) is 53.4 Å². The van der Waals surface area contributed by atoms with Crippen LogP contribution in [-0.2, 0) is 14.4 Å². The third-order valence-electron chi connectivity index (χ3n) is 8.38. The maximum atomic E-state index is 14.3. The molecular weight excluding hydrogens is 462 g/mol. The molecule has 1 spiro atoms. The number of rotatable bonds is 9. The summed E-state index contributed by atoms with van der Waals surface area (Å²) >= 11 is 1.62. The molecule has 35 heavy (non-hydrogen) atoms. The maximum Gasteiger partial charge on any atom is 0.247 e. The van der Waals surface area contributed by atoms with Crippen LogP contribution in [0.5, 0.6) is 0 Å². The Morgan fingerprint density at radius 3 is 2.40 bits per heavy atom. The molecule has 0 aromatic rings. The van der Waals surface area contributed by atoms with Gasteiger partial charge in [0, 0.05) is 31.4 Å². The zero-order valence-corrected chi connectivity index (χ0v) is 22.4. The standard InChI is InChI=1S/C27H41N3O4S/c1-5-8-14-29-16-10-12-27-22(21-20(35-27)11-9-15-28(13-6-2)24(21)32)25(33)30(23(27)26(29)34)19(17-31)18(4)7-3/h9-12,18-23,31H,5-8,13-17H2,1-4H3/t18-,19-,20+,21-,22-,23?,27-/m0/s1. The summed E-state index contributed by atoms with van der Waals surface area (Å²) in [5, 5.41) is 10.3. The summed E-state index contributed by atoms with van der Waals surface area (Å²) in [5.41, 5.74) is 0. The van der Waals surface area contributed by atoms with E-state index in [1.807, 2.05) is 35.8 Å². The van der Waals surface area contributed by atoms with E-state index in [0.29, 0.717) is 26.2 Å². The lowest BCUT2D eigenvalue weighted by atomic mass is 9.78. The summed E-state index contributed by atoms with van der Waals surface area (Å²) in [4.78, 5) is 47.7. The van der Waals surface area contributed by atoms with E-state index < -0.39 is 28.7 Å². The van der Waals surface area contributed by atoms with Crippen LogP contribution in [0.2, 0.25) is 0 Å². The third-order valence-corrected chi connectivity index (χ3v) is 10.1. The Balaban J connectivity index is 1.83. The van der Waals surface area contributed by atoms with Crippen LogP contribution in [0.4, 0.5) is 0 Å². The van der Waals surface area contributed by atoms with Crippen molar-refractivity contribution in [3.05, 3.63) is 24.3 Å². The molecular formula is C27H41N3O4S. The van der Waals surface area contributed by atoms with Gasteiger partial charge in [0.1, 0.15) is 6.04 Å². The van der Waals surface area contributed by atoms with Gasteiger partial charge in [-0.15, -0.1) is 11.8 Å². The number of carbonyl (C=O) groups is 3. The summed E-state index contributed by atoms with van der Waals surface area (Å²) in [6, 6.07) is -1.16. The topological polar surface area (TPSA) is 81.2 Å². The highest BCUT2D eigenvalue weighted by molar-refractivity contribution is 8.02. The molecule has 8 heteroatoms. The highest BCUT2D eigenvalue weighted by Crippen LogP contribution is 2.61. The summed E-state index contributed by atoms with van der Waals surface area (Å²) < 4.78 is -0.805. The summed E-state index contributed by atoms with van der Waals surface area (Å²) in [6.07, 6.45) is 11.8. The fraction of sp³-hybridized carbons (Fsp3) is 0.741. The molecule has 0 saturated carbocycles. The molecule has 4 aliphatic heterocycles. The van der Waals surface area contributed by atoms with Crippen molar-refractivity contribution < 1.29 is 19.5 Å². The van der Waals surface area contributed by atoms with Crippen LogP contribution in [0.25, 0.3) is 0 Å². The molecule has 0 bridgehead atoms. The van der Waals surface area contributed by atoms with E-state index >= 15 is 0 Å². The first kappa shape index (κ1) is 26.3. The highest BCUT2D eigenvalue weighted by atomic mass is 32.2. The normalized spacial score (nSPS) is 34.0. The number of amides is 3. The lowest BCUT2D eigenvalue weighted by molar-refractivity contribution is -0.148. The van der Waals surface area contributed by atoms with E-state index in [2.05, 4.69) is 26.0 Å². The number of nitrogens with zero attached hydrogens (tertiary/aromatic N) is 3. The number of carbonyl (C=O) groups excluding carboxylic acids is 3. The summed E-state index contributed by atoms with van der Waals surface area (Å²) in [7, 11) is 0. The lowest BCUT2D eigenvalue weighted by Crippen LogP contribution is -2.57. The van der Waals surface area contributed by atoms with Crippen LogP contribution in [0, 0.1) is 17.8 Å². The van der Waals surface area contributed by atoms with Gasteiger partial charge in [0.25, 0.3) is 0 Å². The fourth-order valence-corrected chi connectivity index (χ4v) is 8.36. The van der Waals surface area contributed by atoms with Gasteiger partial charge < -0.3 is 19.8 Å². The van der Waals surface area contributed by atoms with Crippen LogP contribution >= 0.6 is 11.8 Å². The molecule has 0 aromatic carbocycles. The number of aliphatic hydroxyl groups excluding tert-OH is 1. The van der Waals surface area contributed by atoms with E-state index in [1.165, 1.54) is 0 Å². The van der Waals surface area contributed by atoms with Crippen molar-refractivity contribution in [1.29, 1.82) is 0 Å². The smallest absolute Gasteiger partial charge is 0.247 e. The quantitative estimate of drug-likeness (QED) is 0.490. The minimum absolute atomic E-state index is 0.0159. The Bertz CT molecular complexity index is 892. The van der Waals surface area contributed by atoms with Gasteiger partial charge in [-0.25, -0.2) is 0 Å². The molecule has 194 valence electrons. The van der Waals surface area contributed by atoms with Crippen molar-refractivity contribution in [2.75, 3.05) is 32.8 Å². The minimum Gasteiger partial charge on any atom is -0.394 e. The molecule has 0 radical (unpaired) electrons. The van der Waals surface area contributed by atoms with Crippen molar-refractivity contribution in [3.8, 4) is 0 Å². The summed E-state index contributed by atoms with van der Waals surface area (Å²) in [5.74, 6) is -1.26. The van der Waals surface area contributed by atoms with Crippen molar-refractivity contribution in [2.24, 2.45) is 17.8 Å². The Morgan fingerprint density at radius 2 is 1.74 bits per heavy atom. The molecule has 0 aliphatic carbocycles. The van der Waals surface area contributed by atoms with Crippen LogP contribution in [0.15, 0.2) is 24.3 Å². The third kappa shape index (κ3) is 4.24. The molecule has 4 aliphatic rings. The molecule has 1 unspecified atom stereocenters. The van der Waals surface area contributed by atoms with E-state index in [0.717, 1.165) is 25.7 Å². The van der Waals surface area contributed by atoms with E-state index in [1.54, 1.807) is 16.7 Å². The number of fused-ring (bicyclic) bond motifs is 2. The van der Waals surface area contributed by atoms with Crippen LogP contribution in [0.3, 0.4) is 0 Å². The molecule has 2 fully saturated rings. The maximum absolute atomic E-state index is 14.3. The van der Waals surface area contributed by atoms with E-state index in [-0.39, 0.29) is 35.5 Å². The second-order valence-electron chi connectivity index (χ2n) is 10.5. The van der Waals surface area contributed by atoms with Gasteiger partial charge in [0.2, 0.25) is 17.7 Å². The van der Waals surface area contributed by atoms with Crippen LogP contribution < -0.4 is 0 Å². The number of aliphatic hydroxyl groups is 1. The second-order valence-corrected chi connectivity index (χ2v) is 12.0. The molecule has 2 saturated heterocycles. The summed E-state index contributed by atoms with van der Waals surface area (Å²) in [6.45, 7) is 10.4. The molecule has 7 atom stereocenters. The number of thioether (sulfide) groups is 1. The fourth-order valence-electron chi connectivity index (χ4n) is 6.37. The van der Waals surface area contributed by atoms with Crippen molar-refractivity contribution in [1.82, 2.24) is 14.7 Å². The van der Waals surface area contributed by atoms with Crippen molar-refractivity contribution in [2.45, 2.75) is 75.5 Å².